The first-order valence-corrected chi connectivity index (χ1v) is 17.3. The standard InChI is InChI=1S/C45H42N2O3/c1-29-23-31(43(48)39(25-29)45(3)37-17-9-5-13-33(37)34-14-6-10-18-38(34)45)27-46(21-22-50-4)28-32-24-30(2)26-42(44(32)49)47-40-19-11-7-15-35(40)36-16-8-12-20-41(36)47/h5-20,23-26,48-49H,21-22,27-28H2,1-4H3. The largest absolute Gasteiger partial charge is 0.507 e. The number of aryl methyl sites for hydroxylation is 2. The van der Waals surface area contributed by atoms with Crippen molar-refractivity contribution in [1.29, 1.82) is 0 Å². The molecule has 1 aliphatic carbocycles. The van der Waals surface area contributed by atoms with Gasteiger partial charge in [-0.15, -0.1) is 0 Å². The van der Waals surface area contributed by atoms with E-state index in [0.29, 0.717) is 32.0 Å². The normalized spacial score (nSPS) is 13.3. The molecule has 5 heteroatoms. The molecule has 6 aromatic carbocycles. The summed E-state index contributed by atoms with van der Waals surface area (Å²) in [7, 11) is 1.71. The molecule has 2 N–H and O–H groups in total. The van der Waals surface area contributed by atoms with Gasteiger partial charge in [-0.05, 0) is 66.8 Å². The molecule has 0 unspecified atom stereocenters. The van der Waals surface area contributed by atoms with E-state index in [2.05, 4.69) is 139 Å². The van der Waals surface area contributed by atoms with E-state index in [1.807, 2.05) is 12.1 Å². The number of fused-ring (bicyclic) bond motifs is 6. The van der Waals surface area contributed by atoms with E-state index in [0.717, 1.165) is 55.3 Å². The van der Waals surface area contributed by atoms with E-state index < -0.39 is 5.41 Å². The van der Waals surface area contributed by atoms with Crippen LogP contribution in [-0.4, -0.2) is 39.9 Å². The summed E-state index contributed by atoms with van der Waals surface area (Å²) in [5.41, 5.74) is 11.9. The van der Waals surface area contributed by atoms with Gasteiger partial charge in [0.1, 0.15) is 11.5 Å². The number of nitrogens with zero attached hydrogens (tertiary/aromatic N) is 2. The highest BCUT2D eigenvalue weighted by atomic mass is 16.5. The number of methoxy groups -OCH3 is 1. The highest BCUT2D eigenvalue weighted by molar-refractivity contribution is 6.09. The summed E-state index contributed by atoms with van der Waals surface area (Å²) in [5.74, 6) is 0.566. The van der Waals surface area contributed by atoms with Gasteiger partial charge in [0.05, 0.1) is 23.3 Å². The molecule has 0 saturated carbocycles. The van der Waals surface area contributed by atoms with E-state index in [-0.39, 0.29) is 5.75 Å². The summed E-state index contributed by atoms with van der Waals surface area (Å²) in [4.78, 5) is 2.25. The first kappa shape index (κ1) is 31.9. The summed E-state index contributed by atoms with van der Waals surface area (Å²) in [5, 5.41) is 26.5. The van der Waals surface area contributed by atoms with Crippen molar-refractivity contribution < 1.29 is 14.9 Å². The van der Waals surface area contributed by atoms with Gasteiger partial charge in [0, 0.05) is 59.6 Å². The monoisotopic (exact) mass is 658 g/mol. The van der Waals surface area contributed by atoms with Crippen LogP contribution in [0, 0.1) is 13.8 Å². The maximum absolute atomic E-state index is 12.2. The Morgan fingerprint density at radius 3 is 1.70 bits per heavy atom. The molecule has 0 spiro atoms. The van der Waals surface area contributed by atoms with Gasteiger partial charge in [0.25, 0.3) is 0 Å². The van der Waals surface area contributed by atoms with Crippen molar-refractivity contribution in [3.05, 3.63) is 160 Å². The molecule has 7 aromatic rings. The number of aromatic nitrogens is 1. The Kier molecular flexibility index (Phi) is 7.98. The lowest BCUT2D eigenvalue weighted by atomic mass is 9.73. The number of benzene rings is 6. The van der Waals surface area contributed by atoms with Crippen LogP contribution in [0.15, 0.2) is 121 Å². The zero-order valence-electron chi connectivity index (χ0n) is 29.1. The average molecular weight is 659 g/mol. The summed E-state index contributed by atoms with van der Waals surface area (Å²) in [6, 6.07) is 42.2. The number of hydrogen-bond acceptors (Lipinski definition) is 4. The molecule has 1 aromatic heterocycles. The maximum atomic E-state index is 12.2. The predicted molar refractivity (Wildman–Crippen MR) is 203 cm³/mol. The van der Waals surface area contributed by atoms with Crippen molar-refractivity contribution in [3.8, 4) is 28.3 Å². The van der Waals surface area contributed by atoms with Gasteiger partial charge < -0.3 is 19.5 Å². The quantitative estimate of drug-likeness (QED) is 0.162. The minimum absolute atomic E-state index is 0.255. The summed E-state index contributed by atoms with van der Waals surface area (Å²) < 4.78 is 7.74. The maximum Gasteiger partial charge on any atom is 0.144 e. The topological polar surface area (TPSA) is 57.9 Å². The van der Waals surface area contributed by atoms with Crippen LogP contribution in [0.2, 0.25) is 0 Å². The molecule has 8 rings (SSSR count). The number of phenols is 2. The minimum atomic E-state index is -0.512. The van der Waals surface area contributed by atoms with Gasteiger partial charge in [0.15, 0.2) is 0 Å². The van der Waals surface area contributed by atoms with E-state index in [1.54, 1.807) is 7.11 Å². The number of aromatic hydroxyl groups is 2. The first-order chi connectivity index (χ1) is 24.3. The molecule has 1 aliphatic rings. The fourth-order valence-corrected chi connectivity index (χ4v) is 8.32. The van der Waals surface area contributed by atoms with Crippen LogP contribution in [0.3, 0.4) is 0 Å². The predicted octanol–water partition coefficient (Wildman–Crippen LogP) is 9.80. The second-order valence-electron chi connectivity index (χ2n) is 13.9. The summed E-state index contributed by atoms with van der Waals surface area (Å²) in [6.45, 7) is 8.53. The lowest BCUT2D eigenvalue weighted by Gasteiger charge is -2.31. The first-order valence-electron chi connectivity index (χ1n) is 17.3. The molecule has 0 bridgehead atoms. The van der Waals surface area contributed by atoms with Crippen LogP contribution in [0.1, 0.15) is 45.9 Å². The Morgan fingerprint density at radius 2 is 1.12 bits per heavy atom. The molecule has 250 valence electrons. The highest BCUT2D eigenvalue weighted by Crippen LogP contribution is 2.54. The van der Waals surface area contributed by atoms with Crippen molar-refractivity contribution in [2.75, 3.05) is 20.3 Å². The molecule has 0 aliphatic heterocycles. The van der Waals surface area contributed by atoms with Gasteiger partial charge in [-0.3, -0.25) is 4.90 Å². The van der Waals surface area contributed by atoms with Crippen molar-refractivity contribution in [2.45, 2.75) is 39.3 Å². The number of ether oxygens (including phenoxy) is 1. The third-order valence-corrected chi connectivity index (χ3v) is 10.6. The van der Waals surface area contributed by atoms with Crippen molar-refractivity contribution in [3.63, 3.8) is 0 Å². The number of para-hydroxylation sites is 2. The van der Waals surface area contributed by atoms with E-state index in [9.17, 15) is 10.2 Å². The Hall–Kier alpha value is -5.36. The molecular formula is C45H42N2O3. The van der Waals surface area contributed by atoms with Crippen LogP contribution >= 0.6 is 0 Å². The number of hydrogen-bond donors (Lipinski definition) is 2. The van der Waals surface area contributed by atoms with E-state index in [1.165, 1.54) is 22.3 Å². The highest BCUT2D eigenvalue weighted by Gasteiger charge is 2.42. The van der Waals surface area contributed by atoms with Gasteiger partial charge in [-0.1, -0.05) is 109 Å². The molecule has 0 atom stereocenters. The molecule has 0 saturated heterocycles. The molecule has 0 radical (unpaired) electrons. The smallest absolute Gasteiger partial charge is 0.144 e. The third kappa shape index (κ3) is 5.08. The van der Waals surface area contributed by atoms with Crippen LogP contribution in [0.5, 0.6) is 11.5 Å². The summed E-state index contributed by atoms with van der Waals surface area (Å²) in [6.07, 6.45) is 0. The molecule has 0 amide bonds. The molecule has 5 nitrogen and oxygen atoms in total. The second-order valence-corrected chi connectivity index (χ2v) is 13.9. The Labute approximate surface area is 293 Å². The SMILES string of the molecule is COCCN(Cc1cc(C)cc(-n2c3ccccc3c3ccccc32)c1O)Cc1cc(C)cc(C2(C)c3ccccc3-c3ccccc32)c1O. The molecule has 0 fully saturated rings. The van der Waals surface area contributed by atoms with Crippen LogP contribution in [0.4, 0.5) is 0 Å². The Bertz CT molecular complexity index is 2310. The van der Waals surface area contributed by atoms with E-state index in [4.69, 9.17) is 4.74 Å². The fourth-order valence-electron chi connectivity index (χ4n) is 8.32. The van der Waals surface area contributed by atoms with Crippen molar-refractivity contribution >= 4 is 21.8 Å². The van der Waals surface area contributed by atoms with Crippen molar-refractivity contribution in [2.24, 2.45) is 0 Å². The zero-order chi connectivity index (χ0) is 34.6. The Balaban J connectivity index is 1.20. The van der Waals surface area contributed by atoms with Crippen LogP contribution < -0.4 is 0 Å². The lowest BCUT2D eigenvalue weighted by molar-refractivity contribution is 0.139. The molecule has 50 heavy (non-hydrogen) atoms. The molecular weight excluding hydrogens is 617 g/mol. The third-order valence-electron chi connectivity index (χ3n) is 10.6. The minimum Gasteiger partial charge on any atom is -0.507 e. The fraction of sp³-hybridized carbons (Fsp3) is 0.200. The summed E-state index contributed by atoms with van der Waals surface area (Å²) >= 11 is 0. The average Bonchev–Trinajstić information content (AvgIpc) is 3.60. The number of rotatable bonds is 9. The molecule has 1 heterocycles. The van der Waals surface area contributed by atoms with Gasteiger partial charge in [0.2, 0.25) is 0 Å². The van der Waals surface area contributed by atoms with Crippen molar-refractivity contribution in [1.82, 2.24) is 9.47 Å². The number of phenolic OH excluding ortho intramolecular Hbond substituents is 2. The zero-order valence-corrected chi connectivity index (χ0v) is 29.1. The van der Waals surface area contributed by atoms with Crippen LogP contribution in [-0.2, 0) is 23.2 Å². The van der Waals surface area contributed by atoms with Crippen LogP contribution in [0.25, 0.3) is 38.6 Å². The Morgan fingerprint density at radius 1 is 0.620 bits per heavy atom. The van der Waals surface area contributed by atoms with E-state index >= 15 is 0 Å². The lowest BCUT2D eigenvalue weighted by Crippen LogP contribution is -2.28. The van der Waals surface area contributed by atoms with Gasteiger partial charge >= 0.3 is 0 Å². The van der Waals surface area contributed by atoms with Gasteiger partial charge in [-0.25, -0.2) is 0 Å². The second kappa shape index (κ2) is 12.5. The van der Waals surface area contributed by atoms with Gasteiger partial charge in [-0.2, -0.15) is 0 Å².